The van der Waals surface area contributed by atoms with Crippen LogP contribution in [0.1, 0.15) is 10.6 Å². The molecule has 0 aliphatic rings. The number of hydrogen-bond acceptors (Lipinski definition) is 4. The van der Waals surface area contributed by atoms with Crippen LogP contribution in [0.15, 0.2) is 18.3 Å². The average Bonchev–Trinajstić information content (AvgIpc) is 2.73. The van der Waals surface area contributed by atoms with Gasteiger partial charge in [-0.2, -0.15) is 13.2 Å². The van der Waals surface area contributed by atoms with E-state index >= 15 is 0 Å². The molecular formula is C10H7F4N3S. The largest absolute Gasteiger partial charge is 0.434 e. The molecule has 3 nitrogen and oxygen atoms in total. The maximum Gasteiger partial charge on any atom is 0.434 e. The first kappa shape index (κ1) is 12.9. The number of pyridine rings is 1. The second-order valence-electron chi connectivity index (χ2n) is 3.35. The summed E-state index contributed by atoms with van der Waals surface area (Å²) in [5, 5.41) is 0.0720. The van der Waals surface area contributed by atoms with Gasteiger partial charge in [-0.25, -0.2) is 9.37 Å². The van der Waals surface area contributed by atoms with Crippen molar-refractivity contribution in [3.05, 3.63) is 34.7 Å². The summed E-state index contributed by atoms with van der Waals surface area (Å²) < 4.78 is 50.6. The van der Waals surface area contributed by atoms with Gasteiger partial charge in [0.2, 0.25) is 0 Å². The molecule has 0 fully saturated rings. The zero-order valence-electron chi connectivity index (χ0n) is 8.83. The first-order valence-electron chi connectivity index (χ1n) is 4.80. The van der Waals surface area contributed by atoms with Gasteiger partial charge >= 0.3 is 6.18 Å². The van der Waals surface area contributed by atoms with Crippen molar-refractivity contribution in [3.8, 4) is 10.7 Å². The SMILES string of the molecule is NCc1sc(-c2ccc(F)cn2)nc1C(F)(F)F. The van der Waals surface area contributed by atoms with Gasteiger partial charge < -0.3 is 5.73 Å². The Balaban J connectivity index is 2.47. The van der Waals surface area contributed by atoms with E-state index in [4.69, 9.17) is 5.73 Å². The molecular weight excluding hydrogens is 270 g/mol. The normalized spacial score (nSPS) is 11.8. The van der Waals surface area contributed by atoms with Crippen molar-refractivity contribution in [2.75, 3.05) is 0 Å². The van der Waals surface area contributed by atoms with Gasteiger partial charge in [-0.1, -0.05) is 0 Å². The monoisotopic (exact) mass is 277 g/mol. The highest BCUT2D eigenvalue weighted by atomic mass is 32.1. The van der Waals surface area contributed by atoms with E-state index in [1.165, 1.54) is 6.07 Å². The highest BCUT2D eigenvalue weighted by Crippen LogP contribution is 2.36. The summed E-state index contributed by atoms with van der Waals surface area (Å²) in [6.07, 6.45) is -3.63. The zero-order chi connectivity index (χ0) is 13.3. The lowest BCUT2D eigenvalue weighted by Gasteiger charge is -2.03. The number of nitrogens with two attached hydrogens (primary N) is 1. The summed E-state index contributed by atoms with van der Waals surface area (Å²) in [4.78, 5) is 7.10. The number of halogens is 4. The van der Waals surface area contributed by atoms with E-state index in [0.29, 0.717) is 0 Å². The Kier molecular flexibility index (Phi) is 3.31. The summed E-state index contributed by atoms with van der Waals surface area (Å²) in [6, 6.07) is 2.38. The summed E-state index contributed by atoms with van der Waals surface area (Å²) in [7, 11) is 0. The van der Waals surface area contributed by atoms with E-state index in [-0.39, 0.29) is 22.1 Å². The third-order valence-electron chi connectivity index (χ3n) is 2.10. The third kappa shape index (κ3) is 2.49. The standard InChI is InChI=1S/C10H7F4N3S/c11-5-1-2-6(16-4-5)9-17-8(10(12,13)14)7(3-15)18-9/h1-2,4H,3,15H2. The van der Waals surface area contributed by atoms with Crippen LogP contribution in [-0.2, 0) is 12.7 Å². The van der Waals surface area contributed by atoms with Crippen molar-refractivity contribution < 1.29 is 17.6 Å². The van der Waals surface area contributed by atoms with Crippen molar-refractivity contribution in [2.45, 2.75) is 12.7 Å². The second-order valence-corrected chi connectivity index (χ2v) is 4.44. The lowest BCUT2D eigenvalue weighted by Crippen LogP contribution is -2.10. The van der Waals surface area contributed by atoms with Crippen LogP contribution >= 0.6 is 11.3 Å². The van der Waals surface area contributed by atoms with Gasteiger partial charge in [0.25, 0.3) is 0 Å². The summed E-state index contributed by atoms with van der Waals surface area (Å²) >= 11 is 0.804. The van der Waals surface area contributed by atoms with Crippen LogP contribution < -0.4 is 5.73 Å². The number of hydrogen-bond donors (Lipinski definition) is 1. The van der Waals surface area contributed by atoms with Crippen molar-refractivity contribution in [2.24, 2.45) is 5.73 Å². The molecule has 18 heavy (non-hydrogen) atoms. The highest BCUT2D eigenvalue weighted by Gasteiger charge is 2.37. The molecule has 8 heteroatoms. The third-order valence-corrected chi connectivity index (χ3v) is 3.20. The molecule has 0 aliphatic heterocycles. The van der Waals surface area contributed by atoms with Crippen LogP contribution in [0, 0.1) is 5.82 Å². The molecule has 0 aromatic carbocycles. The molecule has 0 atom stereocenters. The molecule has 2 rings (SSSR count). The first-order valence-corrected chi connectivity index (χ1v) is 5.62. The molecule has 0 saturated carbocycles. The Labute approximate surface area is 103 Å². The Morgan fingerprint density at radius 1 is 1.28 bits per heavy atom. The summed E-state index contributed by atoms with van der Waals surface area (Å²) in [5.41, 5.74) is 4.44. The number of alkyl halides is 3. The number of rotatable bonds is 2. The van der Waals surface area contributed by atoms with E-state index in [2.05, 4.69) is 9.97 Å². The van der Waals surface area contributed by atoms with Gasteiger partial charge in [0.05, 0.1) is 16.8 Å². The molecule has 0 bridgehead atoms. The number of aromatic nitrogens is 2. The Morgan fingerprint density at radius 3 is 2.44 bits per heavy atom. The highest BCUT2D eigenvalue weighted by molar-refractivity contribution is 7.15. The Morgan fingerprint density at radius 2 is 2.00 bits per heavy atom. The molecule has 2 aromatic rings. The van der Waals surface area contributed by atoms with Crippen LogP contribution in [0.25, 0.3) is 10.7 Å². The van der Waals surface area contributed by atoms with E-state index in [1.54, 1.807) is 0 Å². The lowest BCUT2D eigenvalue weighted by atomic mass is 10.3. The number of thiazole rings is 1. The van der Waals surface area contributed by atoms with Crippen molar-refractivity contribution in [3.63, 3.8) is 0 Å². The molecule has 2 N–H and O–H groups in total. The van der Waals surface area contributed by atoms with Gasteiger partial charge in [-0.15, -0.1) is 11.3 Å². The minimum atomic E-state index is -4.55. The predicted octanol–water partition coefficient (Wildman–Crippen LogP) is 2.82. The minimum Gasteiger partial charge on any atom is -0.326 e. The molecule has 0 amide bonds. The molecule has 0 aliphatic carbocycles. The quantitative estimate of drug-likeness (QED) is 0.859. The second kappa shape index (κ2) is 4.62. The predicted molar refractivity (Wildman–Crippen MR) is 58.2 cm³/mol. The molecule has 0 unspecified atom stereocenters. The average molecular weight is 277 g/mol. The zero-order valence-corrected chi connectivity index (χ0v) is 9.65. The van der Waals surface area contributed by atoms with Gasteiger partial charge in [-0.3, -0.25) is 4.98 Å². The van der Waals surface area contributed by atoms with E-state index in [1.807, 2.05) is 0 Å². The maximum absolute atomic E-state index is 12.7. The van der Waals surface area contributed by atoms with Crippen LogP contribution in [-0.4, -0.2) is 9.97 Å². The summed E-state index contributed by atoms with van der Waals surface area (Å²) in [6.45, 7) is -0.256. The first-order chi connectivity index (χ1) is 8.41. The summed E-state index contributed by atoms with van der Waals surface area (Å²) in [5.74, 6) is -0.564. The van der Waals surface area contributed by atoms with Crippen LogP contribution in [0.4, 0.5) is 17.6 Å². The van der Waals surface area contributed by atoms with Crippen LogP contribution in [0.5, 0.6) is 0 Å². The van der Waals surface area contributed by atoms with Crippen LogP contribution in [0.3, 0.4) is 0 Å². The van der Waals surface area contributed by atoms with Gasteiger partial charge in [0.15, 0.2) is 5.69 Å². The van der Waals surface area contributed by atoms with Gasteiger partial charge in [0.1, 0.15) is 10.8 Å². The Bertz CT molecular complexity index is 547. The fourth-order valence-corrected chi connectivity index (χ4v) is 2.26. The molecule has 2 aromatic heterocycles. The van der Waals surface area contributed by atoms with Crippen molar-refractivity contribution >= 4 is 11.3 Å². The van der Waals surface area contributed by atoms with E-state index in [0.717, 1.165) is 23.6 Å². The topological polar surface area (TPSA) is 51.8 Å². The fourth-order valence-electron chi connectivity index (χ4n) is 1.32. The minimum absolute atomic E-state index is 0.0661. The van der Waals surface area contributed by atoms with Crippen LogP contribution in [0.2, 0.25) is 0 Å². The van der Waals surface area contributed by atoms with E-state index in [9.17, 15) is 17.6 Å². The number of nitrogens with zero attached hydrogens (tertiary/aromatic N) is 2. The molecule has 96 valence electrons. The van der Waals surface area contributed by atoms with Crippen molar-refractivity contribution in [1.29, 1.82) is 0 Å². The molecule has 0 saturated heterocycles. The van der Waals surface area contributed by atoms with Crippen molar-refractivity contribution in [1.82, 2.24) is 9.97 Å². The Hall–Kier alpha value is -1.54. The molecule has 0 radical (unpaired) electrons. The van der Waals surface area contributed by atoms with Gasteiger partial charge in [-0.05, 0) is 12.1 Å². The maximum atomic E-state index is 12.7. The smallest absolute Gasteiger partial charge is 0.326 e. The molecule has 2 heterocycles. The van der Waals surface area contributed by atoms with Gasteiger partial charge in [0, 0.05) is 6.54 Å². The lowest BCUT2D eigenvalue weighted by molar-refractivity contribution is -0.141. The molecule has 0 spiro atoms. The van der Waals surface area contributed by atoms with E-state index < -0.39 is 17.7 Å². The fraction of sp³-hybridized carbons (Fsp3) is 0.200.